The molecule has 0 saturated carbocycles. The van der Waals surface area contributed by atoms with Gasteiger partial charge in [0.2, 0.25) is 5.95 Å². The largest absolute Gasteiger partial charge is 0.494 e. The molecule has 0 radical (unpaired) electrons. The van der Waals surface area contributed by atoms with Gasteiger partial charge in [0, 0.05) is 63.8 Å². The second-order valence-electron chi connectivity index (χ2n) is 11.8. The molecule has 3 aliphatic heterocycles. The second-order valence-corrected chi connectivity index (χ2v) is 11.8. The molecule has 1 aromatic carbocycles. The lowest BCUT2D eigenvalue weighted by molar-refractivity contribution is 0.148. The van der Waals surface area contributed by atoms with Crippen LogP contribution in [0.3, 0.4) is 0 Å². The minimum Gasteiger partial charge on any atom is -0.494 e. The van der Waals surface area contributed by atoms with E-state index in [-0.39, 0.29) is 0 Å². The third-order valence-corrected chi connectivity index (χ3v) is 8.39. The van der Waals surface area contributed by atoms with Crippen molar-refractivity contribution in [1.29, 1.82) is 0 Å². The molecule has 8 heteroatoms. The van der Waals surface area contributed by atoms with Crippen LogP contribution in [0.4, 0.5) is 11.8 Å². The standard InChI is InChI=1S/C31H49N7O/c1-36(2)17-9-21-39-27-13-11-25(12-14-27)24-38-20-8-5-10-26(38)22-33-31-34-29-15-16-32-23-28(29)30(35-31)37-18-6-3-4-7-19-37/h11-14,26,32H,3-10,15-24H2,1-2H3,(H,33,34,35). The molecule has 214 valence electrons. The van der Waals surface area contributed by atoms with Gasteiger partial charge < -0.3 is 25.2 Å². The number of hydrogen-bond donors (Lipinski definition) is 2. The Morgan fingerprint density at radius 3 is 2.59 bits per heavy atom. The Hall–Kier alpha value is -2.42. The first kappa shape index (κ1) is 28.1. The molecule has 1 atom stereocenters. The van der Waals surface area contributed by atoms with Gasteiger partial charge in [-0.3, -0.25) is 4.90 Å². The highest BCUT2D eigenvalue weighted by molar-refractivity contribution is 5.53. The van der Waals surface area contributed by atoms with Gasteiger partial charge >= 0.3 is 0 Å². The van der Waals surface area contributed by atoms with E-state index in [0.29, 0.717) is 6.04 Å². The zero-order valence-corrected chi connectivity index (χ0v) is 24.3. The van der Waals surface area contributed by atoms with Crippen molar-refractivity contribution in [2.45, 2.75) is 76.9 Å². The van der Waals surface area contributed by atoms with Crippen LogP contribution in [0.2, 0.25) is 0 Å². The molecule has 4 heterocycles. The molecule has 8 nitrogen and oxygen atoms in total. The van der Waals surface area contributed by atoms with Gasteiger partial charge in [0.25, 0.3) is 0 Å². The number of anilines is 2. The van der Waals surface area contributed by atoms with Crippen molar-refractivity contribution in [2.75, 3.05) is 70.2 Å². The van der Waals surface area contributed by atoms with Crippen molar-refractivity contribution in [2.24, 2.45) is 0 Å². The number of rotatable bonds is 11. The molecule has 0 amide bonds. The SMILES string of the molecule is CN(C)CCCOc1ccc(CN2CCCCC2CNc2nc3c(c(N4CCCCCC4)n2)CNCC3)cc1. The Labute approximate surface area is 235 Å². The average molecular weight is 536 g/mol. The van der Waals surface area contributed by atoms with Crippen LogP contribution in [0.5, 0.6) is 5.75 Å². The van der Waals surface area contributed by atoms with Crippen LogP contribution in [-0.2, 0) is 19.5 Å². The van der Waals surface area contributed by atoms with Crippen LogP contribution in [0, 0.1) is 0 Å². The van der Waals surface area contributed by atoms with Crippen LogP contribution < -0.4 is 20.3 Å². The molecule has 2 N–H and O–H groups in total. The van der Waals surface area contributed by atoms with Gasteiger partial charge in [-0.1, -0.05) is 31.4 Å². The number of likely N-dealkylation sites (tertiary alicyclic amines) is 1. The zero-order valence-electron chi connectivity index (χ0n) is 24.3. The summed E-state index contributed by atoms with van der Waals surface area (Å²) in [6.07, 6.45) is 11.0. The highest BCUT2D eigenvalue weighted by Gasteiger charge is 2.25. The van der Waals surface area contributed by atoms with E-state index >= 15 is 0 Å². The fourth-order valence-electron chi connectivity index (χ4n) is 6.15. The smallest absolute Gasteiger partial charge is 0.224 e. The van der Waals surface area contributed by atoms with Crippen molar-refractivity contribution in [3.8, 4) is 5.75 Å². The Morgan fingerprint density at radius 1 is 1.00 bits per heavy atom. The van der Waals surface area contributed by atoms with E-state index in [2.05, 4.69) is 63.7 Å². The zero-order chi connectivity index (χ0) is 26.9. The first-order valence-corrected chi connectivity index (χ1v) is 15.4. The van der Waals surface area contributed by atoms with Gasteiger partial charge in [-0.25, -0.2) is 4.98 Å². The summed E-state index contributed by atoms with van der Waals surface area (Å²) in [5, 5.41) is 7.23. The second kappa shape index (κ2) is 14.3. The number of nitrogens with zero attached hydrogens (tertiary/aromatic N) is 5. The molecule has 0 spiro atoms. The van der Waals surface area contributed by atoms with Gasteiger partial charge in [0.05, 0.1) is 12.3 Å². The highest BCUT2D eigenvalue weighted by atomic mass is 16.5. The number of hydrogen-bond acceptors (Lipinski definition) is 8. The minimum atomic E-state index is 0.489. The third-order valence-electron chi connectivity index (χ3n) is 8.39. The maximum atomic E-state index is 5.94. The van der Waals surface area contributed by atoms with Crippen molar-refractivity contribution in [3.05, 3.63) is 41.1 Å². The Morgan fingerprint density at radius 2 is 1.79 bits per heavy atom. The molecule has 5 rings (SSSR count). The molecule has 1 aromatic heterocycles. The van der Waals surface area contributed by atoms with Crippen molar-refractivity contribution in [1.82, 2.24) is 25.1 Å². The van der Waals surface area contributed by atoms with E-state index in [1.807, 2.05) is 0 Å². The monoisotopic (exact) mass is 535 g/mol. The molecule has 3 aliphatic rings. The predicted octanol–water partition coefficient (Wildman–Crippen LogP) is 4.30. The lowest BCUT2D eigenvalue weighted by atomic mass is 10.0. The number of aromatic nitrogens is 2. The lowest BCUT2D eigenvalue weighted by Crippen LogP contribution is -2.43. The summed E-state index contributed by atoms with van der Waals surface area (Å²) in [4.78, 5) is 17.5. The van der Waals surface area contributed by atoms with Crippen LogP contribution >= 0.6 is 0 Å². The topological polar surface area (TPSA) is 68.8 Å². The molecule has 0 aliphatic carbocycles. The van der Waals surface area contributed by atoms with Gasteiger partial charge in [0.15, 0.2) is 0 Å². The maximum absolute atomic E-state index is 5.94. The Balaban J connectivity index is 1.20. The third kappa shape index (κ3) is 8.05. The van der Waals surface area contributed by atoms with E-state index in [4.69, 9.17) is 14.7 Å². The van der Waals surface area contributed by atoms with E-state index in [9.17, 15) is 0 Å². The Bertz CT molecular complexity index is 1020. The highest BCUT2D eigenvalue weighted by Crippen LogP contribution is 2.28. The molecule has 1 unspecified atom stereocenters. The van der Waals surface area contributed by atoms with Crippen LogP contribution in [0.25, 0.3) is 0 Å². The molecule has 0 bridgehead atoms. The predicted molar refractivity (Wildman–Crippen MR) is 160 cm³/mol. The quantitative estimate of drug-likeness (QED) is 0.413. The van der Waals surface area contributed by atoms with Crippen molar-refractivity contribution < 1.29 is 4.74 Å². The molecule has 39 heavy (non-hydrogen) atoms. The van der Waals surface area contributed by atoms with Crippen LogP contribution in [0.1, 0.15) is 68.2 Å². The molecular formula is C31H49N7O. The van der Waals surface area contributed by atoms with E-state index in [1.54, 1.807) is 0 Å². The number of benzene rings is 1. The molecular weight excluding hydrogens is 486 g/mol. The Kier molecular flexibility index (Phi) is 10.3. The van der Waals surface area contributed by atoms with Crippen molar-refractivity contribution in [3.63, 3.8) is 0 Å². The number of nitrogens with one attached hydrogen (secondary N) is 2. The van der Waals surface area contributed by atoms with Crippen LogP contribution in [-0.4, -0.2) is 85.8 Å². The molecule has 2 aromatic rings. The van der Waals surface area contributed by atoms with Crippen molar-refractivity contribution >= 4 is 11.8 Å². The van der Waals surface area contributed by atoms with Gasteiger partial charge in [-0.15, -0.1) is 0 Å². The maximum Gasteiger partial charge on any atom is 0.224 e. The lowest BCUT2D eigenvalue weighted by Gasteiger charge is -2.36. The molecule has 2 fully saturated rings. The summed E-state index contributed by atoms with van der Waals surface area (Å²) in [5.74, 6) is 2.95. The van der Waals surface area contributed by atoms with Gasteiger partial charge in [-0.05, 0) is 70.4 Å². The average Bonchev–Trinajstić information content (AvgIpc) is 3.25. The fourth-order valence-corrected chi connectivity index (χ4v) is 6.15. The molecule has 2 saturated heterocycles. The van der Waals surface area contributed by atoms with Gasteiger partial charge in [-0.2, -0.15) is 4.98 Å². The normalized spacial score (nSPS) is 20.5. The minimum absolute atomic E-state index is 0.489. The number of ether oxygens (including phenoxy) is 1. The first-order chi connectivity index (χ1) is 19.2. The summed E-state index contributed by atoms with van der Waals surface area (Å²) >= 11 is 0. The summed E-state index contributed by atoms with van der Waals surface area (Å²) in [6.45, 7) is 8.93. The number of fused-ring (bicyclic) bond motifs is 1. The summed E-state index contributed by atoms with van der Waals surface area (Å²) in [6, 6.07) is 9.21. The van der Waals surface area contributed by atoms with E-state index < -0.39 is 0 Å². The van der Waals surface area contributed by atoms with Crippen LogP contribution in [0.15, 0.2) is 24.3 Å². The fraction of sp³-hybridized carbons (Fsp3) is 0.677. The summed E-state index contributed by atoms with van der Waals surface area (Å²) in [5.41, 5.74) is 3.90. The first-order valence-electron chi connectivity index (χ1n) is 15.4. The summed E-state index contributed by atoms with van der Waals surface area (Å²) < 4.78 is 5.94. The number of piperidine rings is 1. The summed E-state index contributed by atoms with van der Waals surface area (Å²) in [7, 11) is 4.20. The van der Waals surface area contributed by atoms with Gasteiger partial charge in [0.1, 0.15) is 11.6 Å². The van der Waals surface area contributed by atoms with E-state index in [0.717, 1.165) is 83.5 Å². The van der Waals surface area contributed by atoms with E-state index in [1.165, 1.54) is 67.6 Å².